The van der Waals surface area contributed by atoms with E-state index in [9.17, 15) is 78.3 Å². The first kappa shape index (κ1) is 94.9. The molecule has 44 heteroatoms. The van der Waals surface area contributed by atoms with E-state index in [0.29, 0.717) is 12.8 Å². The van der Waals surface area contributed by atoms with Gasteiger partial charge in [-0.3, -0.25) is 43.8 Å². The van der Waals surface area contributed by atoms with Crippen molar-refractivity contribution in [1.29, 1.82) is 0 Å². The number of nitrogens with two attached hydrogens (primary N) is 1. The minimum Gasteiger partial charge on any atom is -0.508 e. The Morgan fingerprint density at radius 1 is 0.724 bits per heavy atom. The molecule has 39 nitrogen and oxygen atoms in total. The lowest BCUT2D eigenvalue weighted by Crippen LogP contribution is -2.65. The highest BCUT2D eigenvalue weighted by Crippen LogP contribution is 2.50. The van der Waals surface area contributed by atoms with Crippen LogP contribution < -0.4 is 78.0 Å². The standard InChI is InChI=1S/C83H98Cl2F3N13O26/c1-35(2)24-49(90-5)73(112)97-64-66(107)38-9-16-53(47(84)26-38)122-55-28-40-29-56(70(55)126-80-71(69(110)68(109)57(34-102)124-80)125-59-33-82(4,72(111)36(3)121-59)91-20-23-120-43-18-21-101(22-19-43)81(119)92-41-11-13-44(14-12-41)127-83(86,87)88)123-54-17-10-39(27-48(54)85)67(108)65-78(117)96-63(79(118)99-100(6)7)46-30-42(103)31-52(105)60(46)45-25-37(8-15-51(45)104)61(75(114)98-65)95-76(115)62(40)94-74(113)50(32-58(89)106)93-77(64)116/h8-17,25-31,35-36,43,49-50,57,59,61-69,71-72,80,90-91,102-105,107-111H,18-24,32-34H2,1-7H3,(H2,89,106)(H,92,119)(H,93,116)(H,94,113)(H,95,115)(H,96,117)(H,97,112)(H,98,114)(H,99,118)/t36-,49+,50-,57+,59-,61+,62+,63+,64+,65-,66+,67+,68+,69-,71+,72+,80-,82-/m0/s1. The minimum atomic E-state index is -4.91. The number of aliphatic hydroxyl groups excluding tert-OH is 6. The molecule has 21 N–H and O–H groups in total. The van der Waals surface area contributed by atoms with Crippen LogP contribution in [0, 0.1) is 5.92 Å². The number of hydrogen-bond donors (Lipinski definition) is 20. The molecule has 11 bridgehead atoms. The van der Waals surface area contributed by atoms with E-state index in [1.165, 1.54) is 68.3 Å². The fourth-order valence-corrected chi connectivity index (χ4v) is 16.1. The molecule has 6 aromatic carbocycles. The second kappa shape index (κ2) is 40.0. The Hall–Kier alpha value is -11.2. The molecule has 0 aliphatic carbocycles. The van der Waals surface area contributed by atoms with E-state index in [-0.39, 0.29) is 79.2 Å². The molecule has 3 fully saturated rings. The summed E-state index contributed by atoms with van der Waals surface area (Å²) in [5.41, 5.74) is 4.66. The Kier molecular flexibility index (Phi) is 29.9. The van der Waals surface area contributed by atoms with Gasteiger partial charge >= 0.3 is 12.4 Å². The van der Waals surface area contributed by atoms with Crippen LogP contribution in [0.4, 0.5) is 23.7 Å². The largest absolute Gasteiger partial charge is 0.573 e. The van der Waals surface area contributed by atoms with E-state index in [1.54, 1.807) is 6.92 Å². The number of likely N-dealkylation sites (tertiary alicyclic amines) is 1. The van der Waals surface area contributed by atoms with Gasteiger partial charge in [0, 0.05) is 68.6 Å². The van der Waals surface area contributed by atoms with Gasteiger partial charge in [0.05, 0.1) is 54.0 Å². The van der Waals surface area contributed by atoms with Crippen molar-refractivity contribution in [2.75, 3.05) is 59.3 Å². The number of phenolic OH excluding ortho intramolecular Hbond substituents is 3. The van der Waals surface area contributed by atoms with Crippen LogP contribution in [0.5, 0.6) is 51.7 Å². The molecule has 127 heavy (non-hydrogen) atoms. The summed E-state index contributed by atoms with van der Waals surface area (Å²) in [4.78, 5) is 135. The number of amides is 10. The number of ether oxygens (including phenoxy) is 8. The van der Waals surface area contributed by atoms with E-state index in [4.69, 9.17) is 62.1 Å². The zero-order valence-electron chi connectivity index (χ0n) is 69.2. The molecule has 10 amide bonds. The fraction of sp³-hybridized carbons (Fsp3) is 0.458. The lowest BCUT2D eigenvalue weighted by atomic mass is 9.85. The molecule has 8 aliphatic heterocycles. The monoisotopic (exact) mass is 1820 g/mol. The average Bonchev–Trinajstić information content (AvgIpc) is 0.761. The first-order valence-corrected chi connectivity index (χ1v) is 41.0. The van der Waals surface area contributed by atoms with E-state index in [1.807, 2.05) is 13.8 Å². The van der Waals surface area contributed by atoms with Crippen LogP contribution in [-0.4, -0.2) is 255 Å². The smallest absolute Gasteiger partial charge is 0.508 e. The van der Waals surface area contributed by atoms with Crippen LogP contribution in [0.25, 0.3) is 11.1 Å². The third-order valence-electron chi connectivity index (χ3n) is 22.1. The van der Waals surface area contributed by atoms with Gasteiger partial charge in [-0.05, 0) is 153 Å². The van der Waals surface area contributed by atoms with Gasteiger partial charge < -0.3 is 142 Å². The molecule has 14 rings (SSSR count). The zero-order chi connectivity index (χ0) is 92.1. The number of rotatable bonds is 21. The number of anilines is 1. The Balaban J connectivity index is 0.959. The number of benzene rings is 6. The van der Waals surface area contributed by atoms with Gasteiger partial charge in [0.1, 0.15) is 101 Å². The molecule has 0 radical (unpaired) electrons. The predicted molar refractivity (Wildman–Crippen MR) is 440 cm³/mol. The number of hydrazine groups is 1. The van der Waals surface area contributed by atoms with E-state index >= 15 is 24.0 Å². The molecule has 0 unspecified atom stereocenters. The molecule has 686 valence electrons. The van der Waals surface area contributed by atoms with Crippen LogP contribution >= 0.6 is 23.2 Å². The van der Waals surface area contributed by atoms with Gasteiger partial charge in [0.15, 0.2) is 23.9 Å². The SMILES string of the molecule is CN[C@H](CC(C)C)C(=O)N[C@H]1C(=O)N[C@@H](CC(N)=O)C(=O)N[C@H]2C(=O)N[C@H]3C(=O)N[C@H](C(=O)N[C@@H](C(=O)NN(C)C)c4cc(O)cc(O)c4-c4cc3ccc4O)[C@H](O)c3ccc(c(Cl)c3)Oc3cc2cc(c3O[C@@H]2O[C@H](CO)[C@@H](O)[C@H](O)[C@H]2O[C@H]2C[C@](C)(NCCOC3CCN(C(=O)Nc4ccc(OC(F)(F)F)cc4)CC3)[C@H](O)[C@H](C)O2)Oc2ccc(cc2Cl)[C@H]1O. The highest BCUT2D eigenvalue weighted by Gasteiger charge is 2.53. The van der Waals surface area contributed by atoms with Gasteiger partial charge in [-0.15, -0.1) is 13.2 Å². The number of aromatic hydroxyl groups is 3. The van der Waals surface area contributed by atoms with Crippen LogP contribution in [0.2, 0.25) is 10.0 Å². The van der Waals surface area contributed by atoms with Gasteiger partial charge in [-0.1, -0.05) is 55.2 Å². The average molecular weight is 1820 g/mol. The summed E-state index contributed by atoms with van der Waals surface area (Å²) in [5.74, 6) is -15.6. The third kappa shape index (κ3) is 22.3. The van der Waals surface area contributed by atoms with Crippen molar-refractivity contribution in [3.05, 3.63) is 141 Å². The van der Waals surface area contributed by atoms with Crippen molar-refractivity contribution in [2.45, 2.75) is 182 Å². The second-order valence-electron chi connectivity index (χ2n) is 32.1. The number of hydrogen-bond acceptors (Lipinski definition) is 29. The zero-order valence-corrected chi connectivity index (χ0v) is 70.7. The van der Waals surface area contributed by atoms with Gasteiger partial charge in [0.25, 0.3) is 5.91 Å². The number of halogens is 5. The molecular weight excluding hydrogens is 1720 g/mol. The summed E-state index contributed by atoms with van der Waals surface area (Å²) in [7, 11) is 4.28. The van der Waals surface area contributed by atoms with Crippen molar-refractivity contribution in [1.82, 2.24) is 57.9 Å². The van der Waals surface area contributed by atoms with Crippen LogP contribution in [-0.2, 0) is 57.3 Å². The number of phenols is 3. The number of nitrogens with one attached hydrogen (secondary N) is 10. The Labute approximate surface area is 733 Å². The second-order valence-corrected chi connectivity index (χ2v) is 33.0. The number of fused-ring (bicyclic) bond motifs is 15. The topological polar surface area (TPSA) is 562 Å². The highest BCUT2D eigenvalue weighted by atomic mass is 35.5. The summed E-state index contributed by atoms with van der Waals surface area (Å²) in [6.07, 6.45) is -23.7. The number of alkyl halides is 3. The highest BCUT2D eigenvalue weighted by molar-refractivity contribution is 6.32. The number of primary amides is 1. The number of aliphatic hydroxyl groups is 6. The van der Waals surface area contributed by atoms with Crippen molar-refractivity contribution >= 4 is 82.2 Å². The Bertz CT molecular complexity index is 5100. The molecule has 6 aromatic rings. The molecule has 0 aromatic heterocycles. The summed E-state index contributed by atoms with van der Waals surface area (Å²) < 4.78 is 87.9. The fourth-order valence-electron chi connectivity index (χ4n) is 15.7. The number of nitrogens with zero attached hydrogens (tertiary/aromatic N) is 2. The Morgan fingerprint density at radius 2 is 1.35 bits per heavy atom. The normalized spacial score (nSPS) is 26.8. The number of carbonyl (C=O) groups is 9. The quantitative estimate of drug-likeness (QED) is 0.0364. The molecule has 18 atom stereocenters. The summed E-state index contributed by atoms with van der Waals surface area (Å²) >= 11 is 14.4. The summed E-state index contributed by atoms with van der Waals surface area (Å²) in [5, 5.41) is 131. The lowest BCUT2D eigenvalue weighted by Gasteiger charge is -2.48. The number of piperidine rings is 1. The van der Waals surface area contributed by atoms with Crippen molar-refractivity contribution in [3.63, 3.8) is 0 Å². The van der Waals surface area contributed by atoms with E-state index < -0.39 is 260 Å². The minimum absolute atomic E-state index is 0.0602. The first-order chi connectivity index (χ1) is 60.1. The van der Waals surface area contributed by atoms with Gasteiger partial charge in [-0.25, -0.2) is 9.80 Å². The van der Waals surface area contributed by atoms with E-state index in [0.717, 1.165) is 72.8 Å². The molecule has 8 heterocycles. The molecule has 3 saturated heterocycles. The third-order valence-corrected chi connectivity index (χ3v) is 22.7. The molecular formula is C83H98Cl2F3N13O26. The Morgan fingerprint density at radius 3 is 1.95 bits per heavy atom. The van der Waals surface area contributed by atoms with Crippen molar-refractivity contribution < 1.29 is 140 Å². The summed E-state index contributed by atoms with van der Waals surface area (Å²) in [6, 6.07) is 3.98. The lowest BCUT2D eigenvalue weighted by molar-refractivity contribution is -0.334. The number of likely N-dealkylation sites (N-methyl/N-ethyl adjacent to an activating group) is 1. The van der Waals surface area contributed by atoms with Crippen LogP contribution in [0.3, 0.4) is 0 Å². The van der Waals surface area contributed by atoms with Crippen molar-refractivity contribution in [3.8, 4) is 62.9 Å². The van der Waals surface area contributed by atoms with Gasteiger partial charge in [-0.2, -0.15) is 0 Å². The first-order valence-electron chi connectivity index (χ1n) is 40.3. The van der Waals surface area contributed by atoms with Crippen molar-refractivity contribution in [2.24, 2.45) is 11.7 Å². The maximum absolute atomic E-state index is 16.3. The van der Waals surface area contributed by atoms with Gasteiger partial charge in [0.2, 0.25) is 53.4 Å². The van der Waals surface area contributed by atoms with Crippen LogP contribution in [0.15, 0.2) is 103 Å². The predicted octanol–water partition coefficient (Wildman–Crippen LogP) is 2.86. The van der Waals surface area contributed by atoms with Crippen LogP contribution in [0.1, 0.15) is 118 Å². The maximum atomic E-state index is 16.3. The van der Waals surface area contributed by atoms with E-state index in [2.05, 4.69) is 58.0 Å². The molecule has 8 aliphatic rings. The molecule has 0 spiro atoms. The number of urea groups is 1. The summed E-state index contributed by atoms with van der Waals surface area (Å²) in [6.45, 7) is 6.42. The molecule has 0 saturated carbocycles. The number of carbonyl (C=O) groups excluding carboxylic acids is 9. The maximum Gasteiger partial charge on any atom is 0.573 e.